The van der Waals surface area contributed by atoms with Crippen molar-refractivity contribution in [1.29, 1.82) is 0 Å². The van der Waals surface area contributed by atoms with Gasteiger partial charge in [-0.25, -0.2) is 0 Å². The highest BCUT2D eigenvalue weighted by molar-refractivity contribution is 5.92. The normalized spacial score (nSPS) is 20.6. The van der Waals surface area contributed by atoms with Crippen LogP contribution < -0.4 is 20.7 Å². The molecule has 0 aliphatic carbocycles. The molecule has 2 amide bonds. The number of carbonyl (C=O) groups is 2. The number of anilines is 1. The Balaban J connectivity index is 1.89. The van der Waals surface area contributed by atoms with Gasteiger partial charge in [0.25, 0.3) is 5.91 Å². The second-order valence-corrected chi connectivity index (χ2v) is 5.84. The second-order valence-electron chi connectivity index (χ2n) is 5.84. The van der Waals surface area contributed by atoms with Crippen molar-refractivity contribution in [3.8, 4) is 5.75 Å². The minimum atomic E-state index is -0.161. The Morgan fingerprint density at radius 3 is 2.96 bits per heavy atom. The zero-order valence-corrected chi connectivity index (χ0v) is 13.7. The third kappa shape index (κ3) is 5.56. The Labute approximate surface area is 137 Å². The monoisotopic (exact) mass is 319 g/mol. The molecule has 126 valence electrons. The first kappa shape index (κ1) is 17.3. The minimum absolute atomic E-state index is 0.0307. The molecular weight excluding hydrogens is 294 g/mol. The van der Waals surface area contributed by atoms with E-state index in [0.29, 0.717) is 24.0 Å². The van der Waals surface area contributed by atoms with E-state index in [4.69, 9.17) is 4.74 Å². The van der Waals surface area contributed by atoms with E-state index in [1.165, 1.54) is 0 Å². The van der Waals surface area contributed by atoms with Crippen LogP contribution in [-0.2, 0) is 9.59 Å². The van der Waals surface area contributed by atoms with E-state index in [1.54, 1.807) is 18.2 Å². The lowest BCUT2D eigenvalue weighted by molar-refractivity contribution is -0.123. The summed E-state index contributed by atoms with van der Waals surface area (Å²) in [5, 5.41) is 8.95. The van der Waals surface area contributed by atoms with Crippen LogP contribution in [-0.4, -0.2) is 37.6 Å². The quantitative estimate of drug-likeness (QED) is 0.743. The number of nitrogens with one attached hydrogen (secondary N) is 3. The summed E-state index contributed by atoms with van der Waals surface area (Å²) in [6.07, 6.45) is 1.70. The van der Waals surface area contributed by atoms with Gasteiger partial charge in [0.05, 0.1) is 0 Å². The van der Waals surface area contributed by atoms with Crippen LogP contribution in [0, 0.1) is 5.92 Å². The number of rotatable bonds is 6. The van der Waals surface area contributed by atoms with E-state index in [0.717, 1.165) is 19.4 Å². The standard InChI is InChI=1S/C17H25N3O3/c1-3-18-16(21)11-23-15-6-4-5-14(10-15)20-17(22)13-7-8-19-12(2)9-13/h4-6,10,12-13,19H,3,7-9,11H2,1-2H3,(H,18,21)(H,20,22)/t12-,13-/m0/s1. The van der Waals surface area contributed by atoms with Crippen LogP contribution in [0.15, 0.2) is 24.3 Å². The Morgan fingerprint density at radius 2 is 2.22 bits per heavy atom. The second kappa shape index (κ2) is 8.53. The first-order valence-corrected chi connectivity index (χ1v) is 8.12. The molecule has 23 heavy (non-hydrogen) atoms. The summed E-state index contributed by atoms with van der Waals surface area (Å²) in [4.78, 5) is 23.7. The molecule has 2 rings (SSSR count). The molecule has 1 aromatic carbocycles. The van der Waals surface area contributed by atoms with Crippen LogP contribution in [0.3, 0.4) is 0 Å². The molecule has 0 bridgehead atoms. The van der Waals surface area contributed by atoms with Crippen LogP contribution >= 0.6 is 0 Å². The molecule has 1 aromatic rings. The Bertz CT molecular complexity index is 548. The maximum Gasteiger partial charge on any atom is 0.257 e. The molecule has 1 aliphatic heterocycles. The van der Waals surface area contributed by atoms with Gasteiger partial charge in [-0.15, -0.1) is 0 Å². The Kier molecular flexibility index (Phi) is 6.40. The molecule has 0 spiro atoms. The molecule has 1 saturated heterocycles. The van der Waals surface area contributed by atoms with Gasteiger partial charge >= 0.3 is 0 Å². The number of carbonyl (C=O) groups excluding carboxylic acids is 2. The van der Waals surface area contributed by atoms with Crippen LogP contribution in [0.2, 0.25) is 0 Å². The van der Waals surface area contributed by atoms with Gasteiger partial charge in [-0.1, -0.05) is 6.07 Å². The summed E-state index contributed by atoms with van der Waals surface area (Å²) < 4.78 is 5.43. The number of likely N-dealkylation sites (N-methyl/N-ethyl adjacent to an activating group) is 1. The third-order valence-electron chi connectivity index (χ3n) is 3.84. The topological polar surface area (TPSA) is 79.5 Å². The highest BCUT2D eigenvalue weighted by atomic mass is 16.5. The van der Waals surface area contributed by atoms with E-state index >= 15 is 0 Å². The van der Waals surface area contributed by atoms with Gasteiger partial charge in [-0.3, -0.25) is 9.59 Å². The largest absolute Gasteiger partial charge is 0.484 e. The predicted molar refractivity (Wildman–Crippen MR) is 89.4 cm³/mol. The number of ether oxygens (including phenoxy) is 1. The Morgan fingerprint density at radius 1 is 1.39 bits per heavy atom. The lowest BCUT2D eigenvalue weighted by Gasteiger charge is -2.27. The fourth-order valence-corrected chi connectivity index (χ4v) is 2.68. The fourth-order valence-electron chi connectivity index (χ4n) is 2.68. The molecule has 0 radical (unpaired) electrons. The molecule has 3 N–H and O–H groups in total. The molecule has 0 saturated carbocycles. The van der Waals surface area contributed by atoms with Crippen molar-refractivity contribution in [3.05, 3.63) is 24.3 Å². The first-order valence-electron chi connectivity index (χ1n) is 8.12. The van der Waals surface area contributed by atoms with Gasteiger partial charge in [0.15, 0.2) is 6.61 Å². The van der Waals surface area contributed by atoms with E-state index in [1.807, 2.05) is 13.0 Å². The predicted octanol–water partition coefficient (Wildman–Crippen LogP) is 1.53. The van der Waals surface area contributed by atoms with Crippen molar-refractivity contribution in [2.24, 2.45) is 5.92 Å². The molecule has 1 fully saturated rings. The van der Waals surface area contributed by atoms with Gasteiger partial charge in [-0.05, 0) is 45.4 Å². The molecular formula is C17H25N3O3. The third-order valence-corrected chi connectivity index (χ3v) is 3.84. The summed E-state index contributed by atoms with van der Waals surface area (Å²) in [7, 11) is 0. The van der Waals surface area contributed by atoms with Gasteiger partial charge in [0.1, 0.15) is 5.75 Å². The smallest absolute Gasteiger partial charge is 0.257 e. The summed E-state index contributed by atoms with van der Waals surface area (Å²) in [6.45, 7) is 5.36. The number of hydrogen-bond donors (Lipinski definition) is 3. The lowest BCUT2D eigenvalue weighted by Crippen LogP contribution is -2.40. The van der Waals surface area contributed by atoms with E-state index in [2.05, 4.69) is 22.9 Å². The maximum atomic E-state index is 12.3. The highest BCUT2D eigenvalue weighted by Crippen LogP contribution is 2.21. The van der Waals surface area contributed by atoms with Crippen molar-refractivity contribution in [2.75, 3.05) is 25.0 Å². The van der Waals surface area contributed by atoms with Gasteiger partial charge < -0.3 is 20.7 Å². The molecule has 2 atom stereocenters. The first-order chi connectivity index (χ1) is 11.1. The average molecular weight is 319 g/mol. The van der Waals surface area contributed by atoms with Crippen LogP contribution in [0.4, 0.5) is 5.69 Å². The summed E-state index contributed by atoms with van der Waals surface area (Å²) in [5.41, 5.74) is 0.689. The molecule has 6 nitrogen and oxygen atoms in total. The number of hydrogen-bond acceptors (Lipinski definition) is 4. The maximum absolute atomic E-state index is 12.3. The summed E-state index contributed by atoms with van der Waals surface area (Å²) in [6, 6.07) is 7.49. The summed E-state index contributed by atoms with van der Waals surface area (Å²) >= 11 is 0. The van der Waals surface area contributed by atoms with Crippen LogP contribution in [0.5, 0.6) is 5.75 Å². The van der Waals surface area contributed by atoms with Crippen LogP contribution in [0.25, 0.3) is 0 Å². The number of piperidine rings is 1. The highest BCUT2D eigenvalue weighted by Gasteiger charge is 2.24. The van der Waals surface area contributed by atoms with Gasteiger partial charge in [0.2, 0.25) is 5.91 Å². The number of amides is 2. The minimum Gasteiger partial charge on any atom is -0.484 e. The van der Waals surface area contributed by atoms with Crippen molar-refractivity contribution in [1.82, 2.24) is 10.6 Å². The Hall–Kier alpha value is -2.08. The molecule has 1 aliphatic rings. The zero-order valence-electron chi connectivity index (χ0n) is 13.7. The molecule has 0 aromatic heterocycles. The van der Waals surface area contributed by atoms with Crippen LogP contribution in [0.1, 0.15) is 26.7 Å². The molecule has 6 heteroatoms. The van der Waals surface area contributed by atoms with E-state index < -0.39 is 0 Å². The van der Waals surface area contributed by atoms with Crippen molar-refractivity contribution in [3.63, 3.8) is 0 Å². The zero-order chi connectivity index (χ0) is 16.7. The van der Waals surface area contributed by atoms with Crippen molar-refractivity contribution < 1.29 is 14.3 Å². The fraction of sp³-hybridized carbons (Fsp3) is 0.529. The molecule has 0 unspecified atom stereocenters. The van der Waals surface area contributed by atoms with Gasteiger partial charge in [-0.2, -0.15) is 0 Å². The summed E-state index contributed by atoms with van der Waals surface area (Å²) in [5.74, 6) is 0.476. The van der Waals surface area contributed by atoms with Crippen molar-refractivity contribution >= 4 is 17.5 Å². The molecule has 1 heterocycles. The van der Waals surface area contributed by atoms with E-state index in [9.17, 15) is 9.59 Å². The van der Waals surface area contributed by atoms with Gasteiger partial charge in [0, 0.05) is 30.3 Å². The number of benzene rings is 1. The SMILES string of the molecule is CCNC(=O)COc1cccc(NC(=O)[C@H]2CCN[C@@H](C)C2)c1. The average Bonchev–Trinajstić information content (AvgIpc) is 2.53. The van der Waals surface area contributed by atoms with Crippen molar-refractivity contribution in [2.45, 2.75) is 32.7 Å². The lowest BCUT2D eigenvalue weighted by atomic mass is 9.92. The van der Waals surface area contributed by atoms with E-state index in [-0.39, 0.29) is 24.3 Å².